The number of thiazole rings is 1. The summed E-state index contributed by atoms with van der Waals surface area (Å²) < 4.78 is 24.9. The van der Waals surface area contributed by atoms with Gasteiger partial charge in [-0.2, -0.15) is 0 Å². The van der Waals surface area contributed by atoms with Crippen LogP contribution in [0.15, 0.2) is 10.5 Å². The average Bonchev–Trinajstić information content (AvgIpc) is 3.46. The molecule has 0 unspecified atom stereocenters. The Morgan fingerprint density at radius 1 is 1.12 bits per heavy atom. The van der Waals surface area contributed by atoms with Gasteiger partial charge in [-0.05, 0) is 69.4 Å². The zero-order valence-corrected chi connectivity index (χ0v) is 32.5. The van der Waals surface area contributed by atoms with Gasteiger partial charge < -0.3 is 18.1 Å². The van der Waals surface area contributed by atoms with Crippen LogP contribution in [0.25, 0.3) is 0 Å². The van der Waals surface area contributed by atoms with Crippen molar-refractivity contribution in [1.82, 2.24) is 9.88 Å². The van der Waals surface area contributed by atoms with E-state index in [1.807, 2.05) is 11.3 Å². The van der Waals surface area contributed by atoms with Gasteiger partial charge >= 0.3 is 0 Å². The van der Waals surface area contributed by atoms with Crippen molar-refractivity contribution in [3.8, 4) is 11.5 Å². The van der Waals surface area contributed by atoms with Gasteiger partial charge in [-0.3, -0.25) is 4.90 Å². The number of likely N-dealkylation sites (tertiary alicyclic amines) is 1. The molecule has 4 atom stereocenters. The van der Waals surface area contributed by atoms with Crippen LogP contribution < -0.4 is 13.7 Å². The van der Waals surface area contributed by atoms with Crippen molar-refractivity contribution in [3.63, 3.8) is 0 Å². The molecule has 11 heteroatoms. The summed E-state index contributed by atoms with van der Waals surface area (Å²) in [5.74, 6) is 2.62. The Labute approximate surface area is 268 Å². The van der Waals surface area contributed by atoms with Gasteiger partial charge in [0.25, 0.3) is 0 Å². The largest absolute Gasteiger partial charge is 0.493 e. The van der Waals surface area contributed by atoms with E-state index in [1.54, 1.807) is 7.11 Å². The molecule has 1 saturated carbocycles. The Morgan fingerprint density at radius 3 is 2.40 bits per heavy atom. The SMILES string of the molecule is COc1cc(Br)c2c3c1O[C@H]1c4sc(N([Si](C)(C)C)[Si](C)(C)C)nc4C[C@@]4(O[Si](C)(C)C)[C@@H](C2)N(CC2CC2)CC[C@]314. The van der Waals surface area contributed by atoms with Gasteiger partial charge in [0, 0.05) is 29.0 Å². The smallest absolute Gasteiger partial charge is 0.184 e. The fourth-order valence-corrected chi connectivity index (χ4v) is 23.4. The molecule has 1 aromatic heterocycles. The van der Waals surface area contributed by atoms with Gasteiger partial charge in [0.2, 0.25) is 0 Å². The van der Waals surface area contributed by atoms with Crippen LogP contribution in [0.5, 0.6) is 11.5 Å². The fraction of sp³-hybridized carbons (Fsp3) is 0.710. The van der Waals surface area contributed by atoms with Crippen molar-refractivity contribution in [2.45, 2.75) is 114 Å². The third-order valence-corrected chi connectivity index (χ3v) is 20.4. The fourth-order valence-electron chi connectivity index (χ4n) is 9.15. The summed E-state index contributed by atoms with van der Waals surface area (Å²) in [6, 6.07) is 2.45. The van der Waals surface area contributed by atoms with Crippen molar-refractivity contribution in [2.75, 3.05) is 24.4 Å². The minimum absolute atomic E-state index is 0.100. The number of nitrogens with zero attached hydrogens (tertiary/aromatic N) is 3. The highest BCUT2D eigenvalue weighted by molar-refractivity contribution is 9.10. The quantitative estimate of drug-likeness (QED) is 0.260. The van der Waals surface area contributed by atoms with Crippen LogP contribution in [0.1, 0.15) is 47.1 Å². The Hall–Kier alpha value is -0.699. The van der Waals surface area contributed by atoms with Crippen LogP contribution in [0.2, 0.25) is 58.9 Å². The second kappa shape index (κ2) is 9.42. The van der Waals surface area contributed by atoms with Crippen LogP contribution in [0.4, 0.5) is 5.13 Å². The van der Waals surface area contributed by atoms with E-state index in [9.17, 15) is 0 Å². The lowest BCUT2D eigenvalue weighted by Gasteiger charge is -2.66. The predicted molar refractivity (Wildman–Crippen MR) is 184 cm³/mol. The van der Waals surface area contributed by atoms with Crippen LogP contribution in [0, 0.1) is 5.92 Å². The van der Waals surface area contributed by atoms with E-state index in [1.165, 1.54) is 46.2 Å². The van der Waals surface area contributed by atoms with E-state index < -0.39 is 24.8 Å². The van der Waals surface area contributed by atoms with Crippen molar-refractivity contribution in [3.05, 3.63) is 32.2 Å². The number of hydrogen-bond donors (Lipinski definition) is 0. The van der Waals surface area contributed by atoms with Crippen LogP contribution in [0.3, 0.4) is 0 Å². The van der Waals surface area contributed by atoms with E-state index in [0.717, 1.165) is 47.7 Å². The first kappa shape index (κ1) is 30.0. The van der Waals surface area contributed by atoms with Crippen LogP contribution >= 0.6 is 27.3 Å². The number of ether oxygens (including phenoxy) is 2. The number of fused-ring (bicyclic) bond motifs is 2. The van der Waals surface area contributed by atoms with E-state index in [-0.39, 0.29) is 17.1 Å². The number of hydrogen-bond acceptors (Lipinski definition) is 7. The minimum atomic E-state index is -1.99. The molecule has 2 aliphatic heterocycles. The summed E-state index contributed by atoms with van der Waals surface area (Å²) >= 11 is 5.94. The molecule has 3 heterocycles. The number of piperidine rings is 1. The topological polar surface area (TPSA) is 47.1 Å². The maximum absolute atomic E-state index is 7.72. The second-order valence-corrected chi connectivity index (χ2v) is 32.7. The zero-order valence-electron chi connectivity index (χ0n) is 27.1. The molecule has 0 N–H and O–H groups in total. The van der Waals surface area contributed by atoms with E-state index in [4.69, 9.17) is 18.9 Å². The van der Waals surface area contributed by atoms with Crippen LogP contribution in [-0.2, 0) is 22.7 Å². The highest BCUT2D eigenvalue weighted by Gasteiger charge is 2.75. The first-order chi connectivity index (χ1) is 19.5. The van der Waals surface area contributed by atoms with Crippen molar-refractivity contribution in [1.29, 1.82) is 0 Å². The van der Waals surface area contributed by atoms with E-state index >= 15 is 0 Å². The Kier molecular flexibility index (Phi) is 6.72. The summed E-state index contributed by atoms with van der Waals surface area (Å²) in [5.41, 5.74) is 3.38. The monoisotopic (exact) mass is 705 g/mol. The molecule has 0 radical (unpaired) electrons. The molecule has 1 saturated heterocycles. The first-order valence-corrected chi connectivity index (χ1v) is 27.7. The molecule has 2 bridgehead atoms. The molecule has 2 fully saturated rings. The summed E-state index contributed by atoms with van der Waals surface area (Å²) in [6.07, 6.45) is 5.52. The molecular formula is C31H48BrN3O3SSi3. The zero-order chi connectivity index (χ0) is 30.2. The number of halogens is 1. The molecule has 6 nitrogen and oxygen atoms in total. The van der Waals surface area contributed by atoms with Gasteiger partial charge in [0.15, 0.2) is 24.9 Å². The molecule has 3 aliphatic carbocycles. The standard InChI is InChI=1S/C31H48BrN3O3SSi3/c1-36-23-16-21(32)20-15-24-31(38-42(8,9)10)17-22-27(39-29(33-22)35(40(2,3)4)41(5,6)7)28-30(31,25(20)26(23)37-28)13-14-34(24)18-19-11-12-19/h16,19,24,28H,11-15,17-18H2,1-10H3/t24-,28+,30+,31-/m1/s1. The minimum Gasteiger partial charge on any atom is -0.493 e. The highest BCUT2D eigenvalue weighted by Crippen LogP contribution is 2.71. The van der Waals surface area contributed by atoms with Crippen molar-refractivity contribution >= 4 is 57.2 Å². The Balaban J connectivity index is 1.50. The molecule has 7 rings (SSSR count). The maximum atomic E-state index is 7.72. The molecule has 5 aliphatic rings. The molecule has 2 aromatic rings. The Morgan fingerprint density at radius 2 is 1.81 bits per heavy atom. The molecule has 0 amide bonds. The summed E-state index contributed by atoms with van der Waals surface area (Å²) in [4.78, 5) is 9.75. The predicted octanol–water partition coefficient (Wildman–Crippen LogP) is 7.95. The van der Waals surface area contributed by atoms with Crippen molar-refractivity contribution in [2.24, 2.45) is 5.92 Å². The van der Waals surface area contributed by atoms with Crippen LogP contribution in [-0.4, -0.2) is 66.5 Å². The molecule has 230 valence electrons. The van der Waals surface area contributed by atoms with Gasteiger partial charge in [-0.15, -0.1) is 0 Å². The molecular weight excluding hydrogens is 659 g/mol. The highest BCUT2D eigenvalue weighted by atomic mass is 79.9. The van der Waals surface area contributed by atoms with E-state index in [0.29, 0.717) is 6.04 Å². The lowest BCUT2D eigenvalue weighted by atomic mass is 9.49. The van der Waals surface area contributed by atoms with Crippen molar-refractivity contribution < 1.29 is 13.9 Å². The van der Waals surface area contributed by atoms with Gasteiger partial charge in [-0.1, -0.05) is 66.5 Å². The maximum Gasteiger partial charge on any atom is 0.184 e. The molecule has 1 aromatic carbocycles. The summed E-state index contributed by atoms with van der Waals surface area (Å²) in [6.45, 7) is 24.2. The third-order valence-electron chi connectivity index (χ3n) is 10.2. The Bertz CT molecular complexity index is 1430. The third kappa shape index (κ3) is 4.26. The summed E-state index contributed by atoms with van der Waals surface area (Å²) in [7, 11) is -3.57. The number of aromatic nitrogens is 1. The number of methoxy groups -OCH3 is 1. The molecule has 1 spiro atoms. The normalized spacial score (nSPS) is 30.1. The van der Waals surface area contributed by atoms with Gasteiger partial charge in [-0.25, -0.2) is 4.98 Å². The average molecular weight is 707 g/mol. The second-order valence-electron chi connectivity index (χ2n) is 16.4. The lowest BCUT2D eigenvalue weighted by molar-refractivity contribution is -0.161. The summed E-state index contributed by atoms with van der Waals surface area (Å²) in [5, 5.41) is 1.22. The van der Waals surface area contributed by atoms with Gasteiger partial charge in [0.05, 0.1) is 28.7 Å². The van der Waals surface area contributed by atoms with Gasteiger partial charge in [0.1, 0.15) is 22.6 Å². The number of rotatable bonds is 8. The number of benzene rings is 1. The lowest BCUT2D eigenvalue weighted by Crippen LogP contribution is -2.77. The van der Waals surface area contributed by atoms with E-state index in [2.05, 4.69) is 90.1 Å². The molecule has 42 heavy (non-hydrogen) atoms. The first-order valence-electron chi connectivity index (χ1n) is 15.8. The number of anilines is 1.